The summed E-state index contributed by atoms with van der Waals surface area (Å²) in [4.78, 5) is 20.9. The molecule has 0 aromatic rings. The maximum absolute atomic E-state index is 13.5. The summed E-state index contributed by atoms with van der Waals surface area (Å²) in [5.41, 5.74) is 11.0. The van der Waals surface area contributed by atoms with E-state index in [-0.39, 0.29) is 11.8 Å². The quantitative estimate of drug-likeness (QED) is 0.290. The second kappa shape index (κ2) is 13.2. The number of amides is 1. The van der Waals surface area contributed by atoms with Crippen molar-refractivity contribution in [1.29, 1.82) is 4.78 Å². The fraction of sp³-hybridized carbons (Fsp3) is 0.481. The van der Waals surface area contributed by atoms with Gasteiger partial charge in [-0.15, -0.1) is 0 Å². The fourth-order valence-corrected chi connectivity index (χ4v) is 6.18. The van der Waals surface area contributed by atoms with Crippen LogP contribution >= 0.6 is 0 Å². The Morgan fingerprint density at radius 2 is 2.11 bits per heavy atom. The molecule has 0 bridgehead atoms. The summed E-state index contributed by atoms with van der Waals surface area (Å²) in [7, 11) is 1.57. The van der Waals surface area contributed by atoms with E-state index in [4.69, 9.17) is 10.5 Å². The molecule has 194 valence electrons. The van der Waals surface area contributed by atoms with Crippen molar-refractivity contribution in [2.45, 2.75) is 32.1 Å². The SMILES string of the molecule is C=C1C=C(C2C=CC(N3CCCCC3)=CC2)CN(CCCN(CC=[Si])S(=C)(C)=N)C(=O)C1=[NH+]C=CN. The molecule has 2 radical (unpaired) electrons. The van der Waals surface area contributed by atoms with Gasteiger partial charge in [-0.3, -0.25) is 9.57 Å². The van der Waals surface area contributed by atoms with Crippen LogP contribution in [0.25, 0.3) is 0 Å². The van der Waals surface area contributed by atoms with Crippen molar-refractivity contribution in [1.82, 2.24) is 14.1 Å². The molecule has 36 heavy (non-hydrogen) atoms. The van der Waals surface area contributed by atoms with Gasteiger partial charge in [-0.05, 0) is 56.1 Å². The Morgan fingerprint density at radius 3 is 2.72 bits per heavy atom. The zero-order valence-corrected chi connectivity index (χ0v) is 23.4. The van der Waals surface area contributed by atoms with Gasteiger partial charge in [0.1, 0.15) is 0 Å². The minimum absolute atomic E-state index is 0.0810. The minimum Gasteiger partial charge on any atom is -0.400 e. The number of nitrogens with two attached hydrogens (primary N) is 1. The molecular formula is C27H41N6OSSi+. The molecule has 0 saturated carbocycles. The number of nitrogens with zero attached hydrogens (tertiary/aromatic N) is 3. The van der Waals surface area contributed by atoms with Crippen LogP contribution in [0.3, 0.4) is 0 Å². The van der Waals surface area contributed by atoms with Crippen LogP contribution in [0.2, 0.25) is 0 Å². The van der Waals surface area contributed by atoms with E-state index in [2.05, 4.69) is 60.8 Å². The zero-order chi connectivity index (χ0) is 26.1. The van der Waals surface area contributed by atoms with Gasteiger partial charge in [-0.1, -0.05) is 39.9 Å². The molecule has 2 atom stereocenters. The molecule has 3 rings (SSSR count). The van der Waals surface area contributed by atoms with E-state index in [9.17, 15) is 4.79 Å². The lowest BCUT2D eigenvalue weighted by molar-refractivity contribution is -0.371. The van der Waals surface area contributed by atoms with Crippen molar-refractivity contribution in [2.75, 3.05) is 45.5 Å². The first kappa shape index (κ1) is 28.1. The van der Waals surface area contributed by atoms with Gasteiger partial charge in [0.15, 0.2) is 6.20 Å². The molecule has 9 heteroatoms. The lowest BCUT2D eigenvalue weighted by Gasteiger charge is -2.32. The van der Waals surface area contributed by atoms with Gasteiger partial charge in [0.25, 0.3) is 5.71 Å². The Balaban J connectivity index is 1.76. The van der Waals surface area contributed by atoms with E-state index < -0.39 is 9.60 Å². The molecule has 1 amide bonds. The molecule has 4 N–H and O–H groups in total. The molecule has 2 unspecified atom stereocenters. The molecule has 2 heterocycles. The van der Waals surface area contributed by atoms with Crippen LogP contribution in [0, 0.1) is 10.7 Å². The van der Waals surface area contributed by atoms with Gasteiger partial charge >= 0.3 is 5.91 Å². The van der Waals surface area contributed by atoms with Gasteiger partial charge in [0, 0.05) is 66.3 Å². The van der Waals surface area contributed by atoms with Crippen LogP contribution in [0.15, 0.2) is 60.1 Å². The van der Waals surface area contributed by atoms with E-state index in [1.54, 1.807) is 6.20 Å². The van der Waals surface area contributed by atoms with Crippen molar-refractivity contribution in [3.05, 3.63) is 60.1 Å². The predicted octanol–water partition coefficient (Wildman–Crippen LogP) is 0.765. The smallest absolute Gasteiger partial charge is 0.319 e. The van der Waals surface area contributed by atoms with Crippen molar-refractivity contribution >= 4 is 42.6 Å². The second-order valence-electron chi connectivity index (χ2n) is 9.71. The predicted molar refractivity (Wildman–Crippen MR) is 155 cm³/mol. The summed E-state index contributed by atoms with van der Waals surface area (Å²) >= 11 is 0. The molecule has 0 spiro atoms. The Hall–Kier alpha value is -2.49. The Kier molecular flexibility index (Phi) is 10.3. The summed E-state index contributed by atoms with van der Waals surface area (Å²) in [6.45, 7) is 8.95. The van der Waals surface area contributed by atoms with E-state index >= 15 is 0 Å². The van der Waals surface area contributed by atoms with Crippen molar-refractivity contribution in [2.24, 2.45) is 11.7 Å². The number of carbonyl (C=O) groups excluding carboxylic acids is 1. The first-order valence-corrected chi connectivity index (χ1v) is 15.4. The second-order valence-corrected chi connectivity index (χ2v) is 12.7. The number of rotatable bonds is 10. The molecule has 2 aliphatic heterocycles. The first-order valence-electron chi connectivity index (χ1n) is 12.7. The van der Waals surface area contributed by atoms with E-state index in [1.807, 2.05) is 16.8 Å². The van der Waals surface area contributed by atoms with Gasteiger partial charge in [0.05, 0.1) is 6.20 Å². The number of allylic oxidation sites excluding steroid dienone is 4. The molecule has 1 fully saturated rings. The van der Waals surface area contributed by atoms with Gasteiger partial charge in [0.2, 0.25) is 0 Å². The highest BCUT2D eigenvalue weighted by molar-refractivity contribution is 7.98. The maximum atomic E-state index is 13.5. The summed E-state index contributed by atoms with van der Waals surface area (Å²) < 4.78 is 10.4. The summed E-state index contributed by atoms with van der Waals surface area (Å²) in [6, 6.07) is 0. The third kappa shape index (κ3) is 7.50. The molecule has 1 aliphatic carbocycles. The normalized spacial score (nSPS) is 24.2. The molecular weight excluding hydrogens is 484 g/mol. The number of likely N-dealkylation sites (tertiary alicyclic amines) is 1. The fourth-order valence-electron chi connectivity index (χ4n) is 4.89. The minimum atomic E-state index is -1.84. The van der Waals surface area contributed by atoms with E-state index in [0.29, 0.717) is 37.5 Å². The highest BCUT2D eigenvalue weighted by Crippen LogP contribution is 2.29. The highest BCUT2D eigenvalue weighted by Gasteiger charge is 2.32. The lowest BCUT2D eigenvalue weighted by atomic mass is 9.89. The van der Waals surface area contributed by atoms with Crippen molar-refractivity contribution in [3.8, 4) is 0 Å². The third-order valence-electron chi connectivity index (χ3n) is 6.86. The number of hydrogen-bond donors (Lipinski definition) is 3. The topological polar surface area (TPSA) is 90.6 Å². The van der Waals surface area contributed by atoms with Crippen LogP contribution in [-0.4, -0.2) is 92.6 Å². The van der Waals surface area contributed by atoms with Gasteiger partial charge < -0.3 is 15.5 Å². The van der Waals surface area contributed by atoms with Crippen LogP contribution in [0.4, 0.5) is 0 Å². The summed E-state index contributed by atoms with van der Waals surface area (Å²) in [5.74, 6) is 4.19. The molecule has 0 aromatic carbocycles. The highest BCUT2D eigenvalue weighted by atomic mass is 32.2. The molecule has 0 aromatic heterocycles. The van der Waals surface area contributed by atoms with Gasteiger partial charge in [-0.2, -0.15) is 0 Å². The van der Waals surface area contributed by atoms with Crippen LogP contribution in [0.5, 0.6) is 0 Å². The van der Waals surface area contributed by atoms with E-state index in [0.717, 1.165) is 25.9 Å². The maximum Gasteiger partial charge on any atom is 0.319 e. The molecule has 1 saturated heterocycles. The first-order chi connectivity index (χ1) is 17.2. The average Bonchev–Trinajstić information content (AvgIpc) is 2.98. The third-order valence-corrected chi connectivity index (χ3v) is 8.51. The monoisotopic (exact) mass is 525 g/mol. The Bertz CT molecular complexity index is 1100. The lowest BCUT2D eigenvalue weighted by Crippen LogP contribution is -2.70. The Labute approximate surface area is 220 Å². The van der Waals surface area contributed by atoms with Gasteiger partial charge in [-0.25, -0.2) is 9.30 Å². The van der Waals surface area contributed by atoms with Crippen LogP contribution in [0.1, 0.15) is 32.1 Å². The summed E-state index contributed by atoms with van der Waals surface area (Å²) in [5, 5.41) is 0. The van der Waals surface area contributed by atoms with E-state index in [1.165, 1.54) is 36.7 Å². The zero-order valence-electron chi connectivity index (χ0n) is 21.5. The number of carbonyl (C=O) groups is 1. The number of piperidine rings is 1. The van der Waals surface area contributed by atoms with Crippen LogP contribution in [-0.2, 0) is 14.4 Å². The number of nitrogens with one attached hydrogen (secondary N) is 2. The standard InChI is InChI=1S/C27H40N6OSSi/c1-22-20-24(23-8-10-25(11-9-23)31-14-5-4-6-15-31)21-32(27(34)26(22)30-13-12-28)16-7-17-33(18-19-36)35(2,3)29/h8,10-13,19-20,23,29H,1-2,4-7,9,14-18,21,28H2,3H3/p+1. The largest absolute Gasteiger partial charge is 0.400 e. The Morgan fingerprint density at radius 1 is 1.36 bits per heavy atom. The molecule has 3 aliphatic rings. The van der Waals surface area contributed by atoms with Crippen molar-refractivity contribution in [3.63, 3.8) is 0 Å². The van der Waals surface area contributed by atoms with Crippen LogP contribution < -0.4 is 10.7 Å². The number of hydrogen-bond acceptors (Lipinski definition) is 4. The summed E-state index contributed by atoms with van der Waals surface area (Å²) in [6.07, 6.45) is 19.3. The average molecular weight is 526 g/mol. The molecule has 7 nitrogen and oxygen atoms in total. The van der Waals surface area contributed by atoms with Crippen molar-refractivity contribution < 1.29 is 9.79 Å².